The molecule has 28 heavy (non-hydrogen) atoms. The molecule has 2 heterocycles. The second-order valence-electron chi connectivity index (χ2n) is 7.04. The van der Waals surface area contributed by atoms with Crippen molar-refractivity contribution in [2.75, 3.05) is 18.6 Å². The maximum atomic E-state index is 9.26. The third-order valence-electron chi connectivity index (χ3n) is 5.15. The molecule has 0 radical (unpaired) electrons. The van der Waals surface area contributed by atoms with E-state index in [0.29, 0.717) is 17.6 Å². The van der Waals surface area contributed by atoms with E-state index in [0.717, 1.165) is 24.5 Å². The van der Waals surface area contributed by atoms with Gasteiger partial charge >= 0.3 is 0 Å². The van der Waals surface area contributed by atoms with Crippen molar-refractivity contribution in [2.24, 2.45) is 0 Å². The fourth-order valence-corrected chi connectivity index (χ4v) is 4.99. The largest absolute Gasteiger partial charge is 0.496 e. The fourth-order valence-electron chi connectivity index (χ4n) is 3.71. The highest BCUT2D eigenvalue weighted by molar-refractivity contribution is 7.99. The van der Waals surface area contributed by atoms with Crippen molar-refractivity contribution in [1.29, 1.82) is 0 Å². The lowest BCUT2D eigenvalue weighted by Crippen LogP contribution is -2.23. The van der Waals surface area contributed by atoms with Gasteiger partial charge in [-0.15, -0.1) is 11.8 Å². The minimum Gasteiger partial charge on any atom is -0.496 e. The Labute approximate surface area is 170 Å². The van der Waals surface area contributed by atoms with Gasteiger partial charge in [-0.3, -0.25) is 0 Å². The Morgan fingerprint density at radius 1 is 1.14 bits per heavy atom. The summed E-state index contributed by atoms with van der Waals surface area (Å²) < 4.78 is 11.2. The van der Waals surface area contributed by atoms with Crippen molar-refractivity contribution in [1.82, 2.24) is 0 Å². The molecular formula is C23H25NO3S. The number of furan rings is 1. The van der Waals surface area contributed by atoms with Gasteiger partial charge in [0.1, 0.15) is 23.9 Å². The molecule has 146 valence electrons. The number of aliphatic hydroxyl groups is 1. The lowest BCUT2D eigenvalue weighted by molar-refractivity contribution is 0.243. The SMILES string of the molecule is COc1ccc([C@H]2CCN(Cc3ccc(CO)o3)c3ccccc3S2)cc1C. The second-order valence-corrected chi connectivity index (χ2v) is 8.28. The highest BCUT2D eigenvalue weighted by Crippen LogP contribution is 2.46. The predicted octanol–water partition coefficient (Wildman–Crippen LogP) is 5.33. The minimum atomic E-state index is -0.0642. The number of para-hydroxylation sites is 1. The highest BCUT2D eigenvalue weighted by Gasteiger charge is 2.24. The van der Waals surface area contributed by atoms with Crippen LogP contribution in [0.4, 0.5) is 5.69 Å². The van der Waals surface area contributed by atoms with Crippen LogP contribution in [0.3, 0.4) is 0 Å². The van der Waals surface area contributed by atoms with E-state index >= 15 is 0 Å². The predicted molar refractivity (Wildman–Crippen MR) is 113 cm³/mol. The molecule has 0 spiro atoms. The summed E-state index contributed by atoms with van der Waals surface area (Å²) >= 11 is 1.92. The number of fused-ring (bicyclic) bond motifs is 1. The van der Waals surface area contributed by atoms with Crippen LogP contribution >= 0.6 is 11.8 Å². The van der Waals surface area contributed by atoms with Crippen LogP contribution in [0.15, 0.2) is 63.9 Å². The summed E-state index contributed by atoms with van der Waals surface area (Å²) in [5.41, 5.74) is 3.74. The Bertz CT molecular complexity index is 953. The maximum absolute atomic E-state index is 9.26. The Morgan fingerprint density at radius 3 is 2.71 bits per heavy atom. The first-order valence-corrected chi connectivity index (χ1v) is 10.4. The number of benzene rings is 2. The number of anilines is 1. The second kappa shape index (κ2) is 8.33. The van der Waals surface area contributed by atoms with Gasteiger partial charge in [0.25, 0.3) is 0 Å². The molecule has 0 aliphatic carbocycles. The zero-order valence-corrected chi connectivity index (χ0v) is 17.0. The Kier molecular flexibility index (Phi) is 5.64. The van der Waals surface area contributed by atoms with Gasteiger partial charge in [-0.05, 0) is 54.8 Å². The monoisotopic (exact) mass is 395 g/mol. The zero-order valence-electron chi connectivity index (χ0n) is 16.2. The van der Waals surface area contributed by atoms with E-state index in [1.807, 2.05) is 23.9 Å². The lowest BCUT2D eigenvalue weighted by atomic mass is 10.1. The molecule has 1 aliphatic heterocycles. The zero-order chi connectivity index (χ0) is 19.5. The van der Waals surface area contributed by atoms with Crippen molar-refractivity contribution in [3.05, 3.63) is 77.2 Å². The van der Waals surface area contributed by atoms with E-state index in [1.165, 1.54) is 21.7 Å². The quantitative estimate of drug-likeness (QED) is 0.632. The van der Waals surface area contributed by atoms with E-state index in [-0.39, 0.29) is 6.61 Å². The standard InChI is InChI=1S/C23H25NO3S/c1-16-13-17(7-10-21(16)26-2)22-11-12-24(14-18-8-9-19(15-25)27-18)20-5-3-4-6-23(20)28-22/h3-10,13,22,25H,11-12,14-15H2,1-2H3/t22-/m1/s1. The highest BCUT2D eigenvalue weighted by atomic mass is 32.2. The molecule has 0 fully saturated rings. The first-order valence-electron chi connectivity index (χ1n) is 9.51. The molecule has 1 aromatic heterocycles. The average Bonchev–Trinajstić information content (AvgIpc) is 3.09. The van der Waals surface area contributed by atoms with E-state index in [9.17, 15) is 5.11 Å². The van der Waals surface area contributed by atoms with E-state index in [1.54, 1.807) is 7.11 Å². The maximum Gasteiger partial charge on any atom is 0.129 e. The molecule has 0 saturated carbocycles. The number of methoxy groups -OCH3 is 1. The topological polar surface area (TPSA) is 45.8 Å². The third kappa shape index (κ3) is 3.91. The fraction of sp³-hybridized carbons (Fsp3) is 0.304. The number of nitrogens with zero attached hydrogens (tertiary/aromatic N) is 1. The van der Waals surface area contributed by atoms with Crippen molar-refractivity contribution in [2.45, 2.75) is 36.6 Å². The van der Waals surface area contributed by atoms with Crippen LogP contribution in [0.1, 0.15) is 34.3 Å². The Balaban J connectivity index is 1.60. The van der Waals surface area contributed by atoms with Crippen LogP contribution in [-0.2, 0) is 13.2 Å². The number of aryl methyl sites for hydroxylation is 1. The van der Waals surface area contributed by atoms with Crippen LogP contribution < -0.4 is 9.64 Å². The van der Waals surface area contributed by atoms with Crippen LogP contribution in [-0.4, -0.2) is 18.8 Å². The summed E-state index contributed by atoms with van der Waals surface area (Å²) in [5.74, 6) is 2.42. The van der Waals surface area contributed by atoms with Gasteiger partial charge in [-0.2, -0.15) is 0 Å². The number of rotatable bonds is 5. The average molecular weight is 396 g/mol. The smallest absolute Gasteiger partial charge is 0.129 e. The summed E-state index contributed by atoms with van der Waals surface area (Å²) in [6, 6.07) is 18.9. The third-order valence-corrected chi connectivity index (χ3v) is 6.54. The molecule has 0 saturated heterocycles. The molecule has 4 rings (SSSR count). The molecule has 1 aliphatic rings. The van der Waals surface area contributed by atoms with E-state index in [4.69, 9.17) is 9.15 Å². The summed E-state index contributed by atoms with van der Waals surface area (Å²) in [6.45, 7) is 3.67. The van der Waals surface area contributed by atoms with E-state index in [2.05, 4.69) is 54.3 Å². The van der Waals surface area contributed by atoms with Gasteiger partial charge in [0, 0.05) is 16.7 Å². The lowest BCUT2D eigenvalue weighted by Gasteiger charge is -2.23. The molecule has 4 nitrogen and oxygen atoms in total. The molecule has 5 heteroatoms. The Morgan fingerprint density at radius 2 is 1.96 bits per heavy atom. The number of thioether (sulfide) groups is 1. The normalized spacial score (nSPS) is 16.5. The van der Waals surface area contributed by atoms with Gasteiger partial charge in [-0.1, -0.05) is 24.3 Å². The molecule has 2 aromatic carbocycles. The molecule has 3 aromatic rings. The molecule has 0 bridgehead atoms. The summed E-state index contributed by atoms with van der Waals surface area (Å²) in [6.07, 6.45) is 1.04. The van der Waals surface area contributed by atoms with Gasteiger partial charge in [0.05, 0.1) is 19.3 Å². The van der Waals surface area contributed by atoms with E-state index < -0.39 is 0 Å². The molecule has 0 unspecified atom stereocenters. The first kappa shape index (κ1) is 19.0. The van der Waals surface area contributed by atoms with Gasteiger partial charge in [0.15, 0.2) is 0 Å². The summed E-state index contributed by atoms with van der Waals surface area (Å²) in [7, 11) is 1.72. The molecule has 1 atom stereocenters. The number of hydrogen-bond acceptors (Lipinski definition) is 5. The van der Waals surface area contributed by atoms with Crippen LogP contribution in [0.25, 0.3) is 0 Å². The van der Waals surface area contributed by atoms with Crippen molar-refractivity contribution in [3.8, 4) is 5.75 Å². The van der Waals surface area contributed by atoms with Crippen molar-refractivity contribution < 1.29 is 14.3 Å². The van der Waals surface area contributed by atoms with Crippen molar-refractivity contribution >= 4 is 17.4 Å². The molecule has 0 amide bonds. The minimum absolute atomic E-state index is 0.0642. The first-order chi connectivity index (χ1) is 13.7. The number of hydrogen-bond donors (Lipinski definition) is 1. The summed E-state index contributed by atoms with van der Waals surface area (Å²) in [5, 5.41) is 9.65. The number of ether oxygens (including phenoxy) is 1. The number of aliphatic hydroxyl groups excluding tert-OH is 1. The van der Waals surface area contributed by atoms with Crippen LogP contribution in [0, 0.1) is 6.92 Å². The van der Waals surface area contributed by atoms with Gasteiger partial charge < -0.3 is 19.2 Å². The summed E-state index contributed by atoms with van der Waals surface area (Å²) in [4.78, 5) is 3.66. The van der Waals surface area contributed by atoms with Crippen molar-refractivity contribution in [3.63, 3.8) is 0 Å². The van der Waals surface area contributed by atoms with Gasteiger partial charge in [0.2, 0.25) is 0 Å². The van der Waals surface area contributed by atoms with Crippen LogP contribution in [0.2, 0.25) is 0 Å². The van der Waals surface area contributed by atoms with Crippen LogP contribution in [0.5, 0.6) is 5.75 Å². The molecular weight excluding hydrogens is 370 g/mol. The Hall–Kier alpha value is -2.37. The van der Waals surface area contributed by atoms with Gasteiger partial charge in [-0.25, -0.2) is 0 Å². The molecule has 1 N–H and O–H groups in total.